The standard InChI is InChI=1S/C24H19N5O/c1-17-21(15-26-29(17)20-7-3-2-4-8-20)24(30)27-18-11-13-19(14-12-18)28-16-25-22-9-5-6-10-23(22)28/h2-16H,1H3,(H,27,30). The highest BCUT2D eigenvalue weighted by atomic mass is 16.1. The number of nitrogens with one attached hydrogen (secondary N) is 1. The number of nitrogens with zero attached hydrogens (tertiary/aromatic N) is 4. The van der Waals surface area contributed by atoms with Gasteiger partial charge >= 0.3 is 0 Å². The molecule has 0 bridgehead atoms. The maximum absolute atomic E-state index is 12.8. The Morgan fingerprint density at radius 3 is 2.40 bits per heavy atom. The summed E-state index contributed by atoms with van der Waals surface area (Å²) in [6, 6.07) is 25.4. The van der Waals surface area contributed by atoms with Crippen LogP contribution in [0.4, 0.5) is 5.69 Å². The Morgan fingerprint density at radius 1 is 0.867 bits per heavy atom. The monoisotopic (exact) mass is 393 g/mol. The first-order valence-electron chi connectivity index (χ1n) is 9.64. The summed E-state index contributed by atoms with van der Waals surface area (Å²) < 4.78 is 3.79. The van der Waals surface area contributed by atoms with Crippen LogP contribution in [-0.2, 0) is 0 Å². The van der Waals surface area contributed by atoms with Crippen molar-refractivity contribution in [2.75, 3.05) is 5.32 Å². The number of para-hydroxylation sites is 3. The number of anilines is 1. The van der Waals surface area contributed by atoms with Crippen LogP contribution in [0.2, 0.25) is 0 Å². The predicted octanol–water partition coefficient (Wildman–Crippen LogP) is 4.77. The van der Waals surface area contributed by atoms with Gasteiger partial charge in [0.15, 0.2) is 0 Å². The maximum Gasteiger partial charge on any atom is 0.259 e. The molecule has 6 nitrogen and oxygen atoms in total. The van der Waals surface area contributed by atoms with Gasteiger partial charge in [-0.05, 0) is 55.5 Å². The molecule has 0 aliphatic rings. The van der Waals surface area contributed by atoms with Crippen molar-refractivity contribution in [3.8, 4) is 11.4 Å². The van der Waals surface area contributed by atoms with Crippen molar-refractivity contribution in [1.29, 1.82) is 0 Å². The van der Waals surface area contributed by atoms with Crippen LogP contribution in [0.3, 0.4) is 0 Å². The molecule has 5 aromatic rings. The molecule has 1 amide bonds. The average molecular weight is 393 g/mol. The van der Waals surface area contributed by atoms with Crippen LogP contribution in [0.1, 0.15) is 16.1 Å². The quantitative estimate of drug-likeness (QED) is 0.478. The van der Waals surface area contributed by atoms with Crippen molar-refractivity contribution in [2.24, 2.45) is 0 Å². The van der Waals surface area contributed by atoms with Gasteiger partial charge in [0.05, 0.1) is 34.2 Å². The Kier molecular flexibility index (Phi) is 4.37. The molecule has 30 heavy (non-hydrogen) atoms. The first-order chi connectivity index (χ1) is 14.7. The SMILES string of the molecule is Cc1c(C(=O)Nc2ccc(-n3cnc4ccccc43)cc2)cnn1-c1ccccc1. The molecule has 2 heterocycles. The van der Waals surface area contributed by atoms with Gasteiger partial charge in [-0.15, -0.1) is 0 Å². The molecule has 146 valence electrons. The molecule has 0 spiro atoms. The number of amides is 1. The second-order valence-corrected chi connectivity index (χ2v) is 7.00. The zero-order valence-electron chi connectivity index (χ0n) is 16.4. The first kappa shape index (κ1) is 17.9. The minimum absolute atomic E-state index is 0.185. The second kappa shape index (κ2) is 7.33. The number of hydrogen-bond donors (Lipinski definition) is 1. The lowest BCUT2D eigenvalue weighted by Gasteiger charge is -2.08. The summed E-state index contributed by atoms with van der Waals surface area (Å²) in [7, 11) is 0. The normalized spacial score (nSPS) is 11.0. The van der Waals surface area contributed by atoms with Gasteiger partial charge in [0.1, 0.15) is 6.33 Å². The van der Waals surface area contributed by atoms with E-state index in [9.17, 15) is 4.79 Å². The van der Waals surface area contributed by atoms with Crippen molar-refractivity contribution in [3.63, 3.8) is 0 Å². The lowest BCUT2D eigenvalue weighted by molar-refractivity contribution is 0.102. The third kappa shape index (κ3) is 3.14. The lowest BCUT2D eigenvalue weighted by Crippen LogP contribution is -2.13. The predicted molar refractivity (Wildman–Crippen MR) is 117 cm³/mol. The van der Waals surface area contributed by atoms with E-state index in [-0.39, 0.29) is 5.91 Å². The van der Waals surface area contributed by atoms with Gasteiger partial charge in [0.2, 0.25) is 0 Å². The molecule has 0 saturated carbocycles. The average Bonchev–Trinajstić information content (AvgIpc) is 3.39. The number of aromatic nitrogens is 4. The van der Waals surface area contributed by atoms with Crippen molar-refractivity contribution in [2.45, 2.75) is 6.92 Å². The van der Waals surface area contributed by atoms with E-state index in [1.165, 1.54) is 0 Å². The summed E-state index contributed by atoms with van der Waals surface area (Å²) in [4.78, 5) is 17.2. The lowest BCUT2D eigenvalue weighted by atomic mass is 10.2. The molecule has 0 fully saturated rings. The molecule has 2 aromatic heterocycles. The molecule has 5 rings (SSSR count). The number of hydrogen-bond acceptors (Lipinski definition) is 3. The Morgan fingerprint density at radius 2 is 1.60 bits per heavy atom. The highest BCUT2D eigenvalue weighted by Gasteiger charge is 2.15. The summed E-state index contributed by atoms with van der Waals surface area (Å²) >= 11 is 0. The Hall–Kier alpha value is -4.19. The van der Waals surface area contributed by atoms with E-state index in [1.54, 1.807) is 17.2 Å². The fourth-order valence-corrected chi connectivity index (χ4v) is 3.53. The minimum atomic E-state index is -0.185. The number of carbonyl (C=O) groups excluding carboxylic acids is 1. The van der Waals surface area contributed by atoms with Crippen LogP contribution in [-0.4, -0.2) is 25.2 Å². The summed E-state index contributed by atoms with van der Waals surface area (Å²) in [5, 5.41) is 7.33. The molecule has 1 N–H and O–H groups in total. The van der Waals surface area contributed by atoms with Crippen molar-refractivity contribution < 1.29 is 4.79 Å². The number of benzene rings is 3. The fourth-order valence-electron chi connectivity index (χ4n) is 3.53. The third-order valence-electron chi connectivity index (χ3n) is 5.11. The van der Waals surface area contributed by atoms with Gasteiger partial charge in [-0.3, -0.25) is 9.36 Å². The summed E-state index contributed by atoms with van der Waals surface area (Å²) in [5.74, 6) is -0.185. The van der Waals surface area contributed by atoms with Gasteiger partial charge in [0.25, 0.3) is 5.91 Å². The summed E-state index contributed by atoms with van der Waals surface area (Å²) in [6.07, 6.45) is 3.41. The fraction of sp³-hybridized carbons (Fsp3) is 0.0417. The largest absolute Gasteiger partial charge is 0.322 e. The smallest absolute Gasteiger partial charge is 0.259 e. The summed E-state index contributed by atoms with van der Waals surface area (Å²) in [5.41, 5.74) is 5.95. The Bertz CT molecular complexity index is 1330. The van der Waals surface area contributed by atoms with Crippen LogP contribution in [0.5, 0.6) is 0 Å². The van der Waals surface area contributed by atoms with Crippen LogP contribution >= 0.6 is 0 Å². The van der Waals surface area contributed by atoms with E-state index in [0.717, 1.165) is 33.8 Å². The topological polar surface area (TPSA) is 64.7 Å². The minimum Gasteiger partial charge on any atom is -0.322 e. The number of rotatable bonds is 4. The van der Waals surface area contributed by atoms with Gasteiger partial charge in [-0.25, -0.2) is 9.67 Å². The molecule has 0 saturated heterocycles. The molecular weight excluding hydrogens is 374 g/mol. The molecule has 0 aliphatic heterocycles. The Labute approximate surface area is 173 Å². The van der Waals surface area contributed by atoms with Gasteiger partial charge < -0.3 is 5.32 Å². The molecule has 0 radical (unpaired) electrons. The molecule has 0 atom stereocenters. The molecule has 0 aliphatic carbocycles. The molecule has 0 unspecified atom stereocenters. The summed E-state index contributed by atoms with van der Waals surface area (Å²) in [6.45, 7) is 1.89. The van der Waals surface area contributed by atoms with E-state index >= 15 is 0 Å². The number of fused-ring (bicyclic) bond motifs is 1. The molecule has 6 heteroatoms. The second-order valence-electron chi connectivity index (χ2n) is 7.00. The van der Waals surface area contributed by atoms with Crippen LogP contribution in [0, 0.1) is 6.92 Å². The Balaban J connectivity index is 1.37. The van der Waals surface area contributed by atoms with Crippen LogP contribution < -0.4 is 5.32 Å². The number of carbonyl (C=O) groups is 1. The van der Waals surface area contributed by atoms with Crippen molar-refractivity contribution >= 4 is 22.6 Å². The highest BCUT2D eigenvalue weighted by molar-refractivity contribution is 6.05. The van der Waals surface area contributed by atoms with Crippen molar-refractivity contribution in [3.05, 3.63) is 103 Å². The van der Waals surface area contributed by atoms with E-state index in [4.69, 9.17) is 0 Å². The van der Waals surface area contributed by atoms with E-state index in [2.05, 4.69) is 15.4 Å². The van der Waals surface area contributed by atoms with Gasteiger partial charge in [-0.2, -0.15) is 5.10 Å². The zero-order valence-corrected chi connectivity index (χ0v) is 16.4. The number of imidazole rings is 1. The van der Waals surface area contributed by atoms with Gasteiger partial charge in [-0.1, -0.05) is 30.3 Å². The van der Waals surface area contributed by atoms with E-state index < -0.39 is 0 Å². The third-order valence-corrected chi connectivity index (χ3v) is 5.11. The zero-order chi connectivity index (χ0) is 20.5. The van der Waals surface area contributed by atoms with Crippen molar-refractivity contribution in [1.82, 2.24) is 19.3 Å². The van der Waals surface area contributed by atoms with E-state index in [0.29, 0.717) is 5.56 Å². The van der Waals surface area contributed by atoms with Gasteiger partial charge in [0, 0.05) is 11.4 Å². The highest BCUT2D eigenvalue weighted by Crippen LogP contribution is 2.21. The van der Waals surface area contributed by atoms with E-state index in [1.807, 2.05) is 90.4 Å². The first-order valence-corrected chi connectivity index (χ1v) is 9.64. The molecular formula is C24H19N5O. The van der Waals surface area contributed by atoms with Crippen LogP contribution in [0.25, 0.3) is 22.4 Å². The maximum atomic E-state index is 12.8. The van der Waals surface area contributed by atoms with Crippen LogP contribution in [0.15, 0.2) is 91.4 Å². The molecule has 3 aromatic carbocycles.